The third-order valence-electron chi connectivity index (χ3n) is 5.07. The van der Waals surface area contributed by atoms with E-state index in [2.05, 4.69) is 43.0 Å². The second kappa shape index (κ2) is 8.40. The van der Waals surface area contributed by atoms with E-state index in [1.165, 1.54) is 5.56 Å². The Morgan fingerprint density at radius 2 is 1.74 bits per heavy atom. The molecule has 0 aliphatic rings. The number of aryl methyl sites for hydroxylation is 2. The Morgan fingerprint density at radius 3 is 2.44 bits per heavy atom. The second-order valence-corrected chi connectivity index (χ2v) is 7.43. The number of carbonyl (C=O) groups is 1. The molecule has 2 aromatic carbocycles. The molecule has 0 saturated carbocycles. The van der Waals surface area contributed by atoms with Crippen molar-refractivity contribution in [3.05, 3.63) is 71.0 Å². The number of nitrogens with zero attached hydrogens (tertiary/aromatic N) is 2. The van der Waals surface area contributed by atoms with Crippen molar-refractivity contribution in [2.45, 2.75) is 26.8 Å². The van der Waals surface area contributed by atoms with Crippen LogP contribution in [0, 0.1) is 13.8 Å². The lowest BCUT2D eigenvalue weighted by atomic mass is 10.0. The van der Waals surface area contributed by atoms with Gasteiger partial charge in [-0.15, -0.1) is 0 Å². The maximum atomic E-state index is 13.1. The largest absolute Gasteiger partial charge is 0.464 e. The van der Waals surface area contributed by atoms with Gasteiger partial charge in [0, 0.05) is 30.6 Å². The molecule has 4 nitrogen and oxygen atoms in total. The molecule has 0 aliphatic heterocycles. The van der Waals surface area contributed by atoms with Crippen molar-refractivity contribution in [3.8, 4) is 0 Å². The molecule has 142 valence electrons. The monoisotopic (exact) mass is 364 g/mol. The van der Waals surface area contributed by atoms with Gasteiger partial charge in [0.25, 0.3) is 0 Å². The molecule has 4 heteroatoms. The highest BCUT2D eigenvalue weighted by molar-refractivity contribution is 5.89. The molecule has 0 atom stereocenters. The smallest absolute Gasteiger partial charge is 0.227 e. The van der Waals surface area contributed by atoms with Crippen molar-refractivity contribution >= 4 is 16.9 Å². The molecule has 1 heterocycles. The molecule has 0 unspecified atom stereocenters. The van der Waals surface area contributed by atoms with E-state index in [4.69, 9.17) is 4.42 Å². The topological polar surface area (TPSA) is 36.7 Å². The Bertz CT molecular complexity index is 913. The molecule has 3 rings (SSSR count). The van der Waals surface area contributed by atoms with E-state index >= 15 is 0 Å². The normalized spacial score (nSPS) is 11.3. The van der Waals surface area contributed by atoms with Gasteiger partial charge in [-0.1, -0.05) is 42.5 Å². The summed E-state index contributed by atoms with van der Waals surface area (Å²) in [5.74, 6) is 0.127. The fourth-order valence-corrected chi connectivity index (χ4v) is 3.22. The molecule has 0 radical (unpaired) electrons. The molecule has 1 amide bonds. The number of hydrogen-bond donors (Lipinski definition) is 0. The molecule has 3 aromatic rings. The number of likely N-dealkylation sites (N-methyl/N-ethyl adjacent to an activating group) is 1. The average Bonchev–Trinajstić information content (AvgIpc) is 3.05. The summed E-state index contributed by atoms with van der Waals surface area (Å²) >= 11 is 0. The van der Waals surface area contributed by atoms with E-state index in [9.17, 15) is 4.79 Å². The fraction of sp³-hybridized carbons (Fsp3) is 0.348. The predicted molar refractivity (Wildman–Crippen MR) is 110 cm³/mol. The van der Waals surface area contributed by atoms with Crippen molar-refractivity contribution in [2.24, 2.45) is 0 Å². The minimum Gasteiger partial charge on any atom is -0.464 e. The van der Waals surface area contributed by atoms with Crippen LogP contribution < -0.4 is 0 Å². The van der Waals surface area contributed by atoms with Gasteiger partial charge in [-0.25, -0.2) is 0 Å². The molecular weight excluding hydrogens is 336 g/mol. The van der Waals surface area contributed by atoms with Gasteiger partial charge < -0.3 is 14.2 Å². The van der Waals surface area contributed by atoms with Crippen LogP contribution >= 0.6 is 0 Å². The Morgan fingerprint density at radius 1 is 1.00 bits per heavy atom. The van der Waals surface area contributed by atoms with Crippen molar-refractivity contribution in [1.29, 1.82) is 0 Å². The van der Waals surface area contributed by atoms with Crippen LogP contribution in [0.25, 0.3) is 11.0 Å². The third-order valence-corrected chi connectivity index (χ3v) is 5.07. The minimum atomic E-state index is 0.127. The van der Waals surface area contributed by atoms with Gasteiger partial charge in [-0.2, -0.15) is 0 Å². The number of furan rings is 1. The van der Waals surface area contributed by atoms with Crippen LogP contribution in [0.15, 0.2) is 53.1 Å². The highest BCUT2D eigenvalue weighted by Crippen LogP contribution is 2.27. The average molecular weight is 364 g/mol. The Hall–Kier alpha value is -2.59. The van der Waals surface area contributed by atoms with Crippen molar-refractivity contribution < 1.29 is 9.21 Å². The van der Waals surface area contributed by atoms with E-state index < -0.39 is 0 Å². The summed E-state index contributed by atoms with van der Waals surface area (Å²) in [5, 5.41) is 1.04. The summed E-state index contributed by atoms with van der Waals surface area (Å²) < 4.78 is 5.78. The molecule has 0 saturated heterocycles. The Labute approximate surface area is 161 Å². The number of amides is 1. The zero-order valence-electron chi connectivity index (χ0n) is 16.7. The first-order chi connectivity index (χ1) is 13.0. The number of benzene rings is 2. The lowest BCUT2D eigenvalue weighted by molar-refractivity contribution is -0.131. The van der Waals surface area contributed by atoms with Gasteiger partial charge in [0.1, 0.15) is 5.58 Å². The SMILES string of the molecule is Cc1ccc2c(CC(=O)N(CCN(C)C)Cc3ccccc3)coc2c1C. The van der Waals surface area contributed by atoms with Gasteiger partial charge >= 0.3 is 0 Å². The first kappa shape index (κ1) is 19.2. The van der Waals surface area contributed by atoms with Crippen molar-refractivity contribution in [3.63, 3.8) is 0 Å². The molecule has 0 N–H and O–H groups in total. The number of carbonyl (C=O) groups excluding carboxylic acids is 1. The number of rotatable bonds is 7. The summed E-state index contributed by atoms with van der Waals surface area (Å²) in [6.07, 6.45) is 2.09. The maximum absolute atomic E-state index is 13.1. The summed E-state index contributed by atoms with van der Waals surface area (Å²) in [5.41, 5.74) is 5.33. The lowest BCUT2D eigenvalue weighted by Gasteiger charge is -2.24. The van der Waals surface area contributed by atoms with Crippen LogP contribution in [0.2, 0.25) is 0 Å². The van der Waals surface area contributed by atoms with E-state index in [1.807, 2.05) is 37.2 Å². The quantitative estimate of drug-likeness (QED) is 0.631. The lowest BCUT2D eigenvalue weighted by Crippen LogP contribution is -2.37. The Kier molecular flexibility index (Phi) is 5.97. The number of hydrogen-bond acceptors (Lipinski definition) is 3. The standard InChI is InChI=1S/C23H28N2O2/c1-17-10-11-21-20(16-27-23(21)18(17)2)14-22(26)25(13-12-24(3)4)15-19-8-6-5-7-9-19/h5-11,16H,12-15H2,1-4H3. The van der Waals surface area contributed by atoms with Crippen LogP contribution in [-0.4, -0.2) is 42.9 Å². The van der Waals surface area contributed by atoms with E-state index in [0.29, 0.717) is 19.5 Å². The Balaban J connectivity index is 1.80. The van der Waals surface area contributed by atoms with Crippen molar-refractivity contribution in [2.75, 3.05) is 27.2 Å². The summed E-state index contributed by atoms with van der Waals surface area (Å²) in [6, 6.07) is 14.3. The van der Waals surface area contributed by atoms with E-state index in [-0.39, 0.29) is 5.91 Å². The van der Waals surface area contributed by atoms with Crippen LogP contribution in [0.5, 0.6) is 0 Å². The molecule has 0 aliphatic carbocycles. The van der Waals surface area contributed by atoms with Crippen LogP contribution in [-0.2, 0) is 17.8 Å². The minimum absolute atomic E-state index is 0.127. The van der Waals surface area contributed by atoms with Gasteiger partial charge in [0.15, 0.2) is 0 Å². The molecule has 0 spiro atoms. The summed E-state index contributed by atoms with van der Waals surface area (Å²) in [4.78, 5) is 17.1. The predicted octanol–water partition coefficient (Wildman–Crippen LogP) is 4.18. The zero-order chi connectivity index (χ0) is 19.4. The summed E-state index contributed by atoms with van der Waals surface area (Å²) in [6.45, 7) is 6.30. The van der Waals surface area contributed by atoms with E-state index in [0.717, 1.165) is 34.2 Å². The molecule has 0 fully saturated rings. The molecule has 27 heavy (non-hydrogen) atoms. The number of fused-ring (bicyclic) bond motifs is 1. The van der Waals surface area contributed by atoms with E-state index in [1.54, 1.807) is 6.26 Å². The molecule has 1 aromatic heterocycles. The molecule has 0 bridgehead atoms. The van der Waals surface area contributed by atoms with Crippen LogP contribution in [0.3, 0.4) is 0 Å². The second-order valence-electron chi connectivity index (χ2n) is 7.43. The van der Waals surface area contributed by atoms with Gasteiger partial charge in [-0.3, -0.25) is 4.79 Å². The highest BCUT2D eigenvalue weighted by atomic mass is 16.3. The van der Waals surface area contributed by atoms with Gasteiger partial charge in [0.2, 0.25) is 5.91 Å². The first-order valence-corrected chi connectivity index (χ1v) is 9.38. The first-order valence-electron chi connectivity index (χ1n) is 9.38. The summed E-state index contributed by atoms with van der Waals surface area (Å²) in [7, 11) is 4.06. The van der Waals surface area contributed by atoms with Gasteiger partial charge in [0.05, 0.1) is 12.7 Å². The zero-order valence-corrected chi connectivity index (χ0v) is 16.7. The fourth-order valence-electron chi connectivity index (χ4n) is 3.22. The maximum Gasteiger partial charge on any atom is 0.227 e. The third kappa shape index (κ3) is 4.58. The van der Waals surface area contributed by atoms with Crippen LogP contribution in [0.4, 0.5) is 0 Å². The van der Waals surface area contributed by atoms with Gasteiger partial charge in [-0.05, 0) is 44.6 Å². The molecular formula is C23H28N2O2. The van der Waals surface area contributed by atoms with Crippen LogP contribution in [0.1, 0.15) is 22.3 Å². The highest BCUT2D eigenvalue weighted by Gasteiger charge is 2.18. The van der Waals surface area contributed by atoms with Crippen molar-refractivity contribution in [1.82, 2.24) is 9.80 Å².